The normalized spacial score (nSPS) is 11.8. The molecule has 7 aromatic rings. The Hall–Kier alpha value is -4.00. The molecule has 1 aliphatic carbocycles. The first kappa shape index (κ1) is 42.7. The van der Waals surface area contributed by atoms with Gasteiger partial charge in [-0.3, -0.25) is 0 Å². The van der Waals surface area contributed by atoms with Crippen molar-refractivity contribution in [2.24, 2.45) is 5.92 Å². The Morgan fingerprint density at radius 1 is 0.630 bits per heavy atom. The summed E-state index contributed by atoms with van der Waals surface area (Å²) < 4.78 is 1.60. The third kappa shape index (κ3) is 12.0. The summed E-state index contributed by atoms with van der Waals surface area (Å²) in [4.78, 5) is 0. The van der Waals surface area contributed by atoms with Gasteiger partial charge in [-0.2, -0.15) is 42.0 Å². The van der Waals surface area contributed by atoms with Gasteiger partial charge in [0.05, 0.1) is 0 Å². The zero-order chi connectivity index (χ0) is 36.1. The molecule has 3 heteroatoms. The molecule has 0 spiro atoms. The zero-order valence-corrected chi connectivity index (χ0v) is 35.5. The number of benzene rings is 6. The summed E-state index contributed by atoms with van der Waals surface area (Å²) in [5, 5.41) is 0. The largest absolute Gasteiger partial charge is 0.214 e. The van der Waals surface area contributed by atoms with Crippen LogP contribution in [0.3, 0.4) is 0 Å². The van der Waals surface area contributed by atoms with Crippen molar-refractivity contribution in [1.82, 2.24) is 0 Å². The molecule has 0 aliphatic heterocycles. The van der Waals surface area contributed by atoms with Crippen molar-refractivity contribution in [2.45, 2.75) is 52.4 Å². The van der Waals surface area contributed by atoms with E-state index < -0.39 is 0 Å². The fraction of sp³-hybridized carbons (Fsp3) is 0.176. The van der Waals surface area contributed by atoms with Gasteiger partial charge in [-0.1, -0.05) is 92.2 Å². The van der Waals surface area contributed by atoms with E-state index in [0.29, 0.717) is 11.8 Å². The van der Waals surface area contributed by atoms with Gasteiger partial charge in [0.25, 0.3) is 0 Å². The van der Waals surface area contributed by atoms with Gasteiger partial charge in [0.15, 0.2) is 0 Å². The molecule has 0 amide bonds. The first-order valence-corrected chi connectivity index (χ1v) is 19.8. The molecule has 2 atom stereocenters. The van der Waals surface area contributed by atoms with Crippen LogP contribution in [-0.4, -0.2) is 3.21 Å². The van der Waals surface area contributed by atoms with Crippen molar-refractivity contribution in [3.63, 3.8) is 0 Å². The second-order valence-corrected chi connectivity index (χ2v) is 15.8. The van der Waals surface area contributed by atoms with Crippen LogP contribution < -0.4 is 24.8 Å². The topological polar surface area (TPSA) is 0 Å². The van der Waals surface area contributed by atoms with Gasteiger partial charge >= 0.3 is 112 Å². The number of fused-ring (bicyclic) bond motifs is 3. The van der Waals surface area contributed by atoms with Gasteiger partial charge < -0.3 is 24.8 Å². The van der Waals surface area contributed by atoms with E-state index in [9.17, 15) is 0 Å². The van der Waals surface area contributed by atoms with Gasteiger partial charge in [0.2, 0.25) is 0 Å². The molecule has 0 heterocycles. The van der Waals surface area contributed by atoms with E-state index in [1.807, 2.05) is 30.3 Å². The summed E-state index contributed by atoms with van der Waals surface area (Å²) in [5.74, 6) is 1.11. The maximum absolute atomic E-state index is 3.79. The fourth-order valence-corrected chi connectivity index (χ4v) is 8.06. The smallest absolute Gasteiger partial charge is 0.172 e. The van der Waals surface area contributed by atoms with E-state index in [2.05, 4.69) is 172 Å². The molecule has 0 saturated heterocycles. The van der Waals surface area contributed by atoms with Gasteiger partial charge in [-0.15, -0.1) is 11.1 Å². The molecule has 1 aliphatic rings. The van der Waals surface area contributed by atoms with Crippen molar-refractivity contribution in [2.75, 3.05) is 0 Å². The predicted molar refractivity (Wildman–Crippen MR) is 219 cm³/mol. The molecule has 0 saturated carbocycles. The molecule has 0 radical (unpaired) electrons. The average Bonchev–Trinajstić information content (AvgIpc) is 3.88. The predicted octanol–water partition coefficient (Wildman–Crippen LogP) is 6.62. The van der Waals surface area contributed by atoms with Gasteiger partial charge in [0, 0.05) is 0 Å². The fourth-order valence-electron chi connectivity index (χ4n) is 7.06. The molecule has 0 bridgehead atoms. The number of hydrogen-bond acceptors (Lipinski definition) is 0. The summed E-state index contributed by atoms with van der Waals surface area (Å²) in [6.07, 6.45) is 4.30. The Morgan fingerprint density at radius 2 is 1.17 bits per heavy atom. The SMILES string of the molecule is Cc1cc2c(cc1-c1ccccc1)-c1ccc(CC(C)C(C)c3ccccc3)[c-]c1C2.[Cl-].[Cl-].[Zr+2]=[C](Cc1ccccc1)Cc1ccccc1.c1cc[cH-]c1. The Kier molecular flexibility index (Phi) is 17.2. The van der Waals surface area contributed by atoms with Crippen molar-refractivity contribution < 1.29 is 49.0 Å². The summed E-state index contributed by atoms with van der Waals surface area (Å²) in [5.41, 5.74) is 15.1. The van der Waals surface area contributed by atoms with Crippen LogP contribution in [0.15, 0.2) is 176 Å². The van der Waals surface area contributed by atoms with E-state index in [4.69, 9.17) is 0 Å². The number of aryl methyl sites for hydroxylation is 1. The molecule has 7 aromatic carbocycles. The maximum Gasteiger partial charge on any atom is -0.172 e. The first-order valence-electron chi connectivity index (χ1n) is 18.5. The minimum Gasteiger partial charge on any atom is -0.214 e. The first-order chi connectivity index (χ1) is 25.4. The van der Waals surface area contributed by atoms with Crippen molar-refractivity contribution in [3.05, 3.63) is 221 Å². The molecular weight excluding hydrogens is 775 g/mol. The molecule has 0 aromatic heterocycles. The van der Waals surface area contributed by atoms with E-state index in [1.54, 1.807) is 27.4 Å². The van der Waals surface area contributed by atoms with Crippen LogP contribution in [0.5, 0.6) is 0 Å². The third-order valence-corrected chi connectivity index (χ3v) is 10.9. The van der Waals surface area contributed by atoms with Crippen LogP contribution in [0.1, 0.15) is 58.7 Å². The van der Waals surface area contributed by atoms with Crippen LogP contribution in [0.2, 0.25) is 0 Å². The quantitative estimate of drug-likeness (QED) is 0.144. The van der Waals surface area contributed by atoms with Crippen molar-refractivity contribution in [3.8, 4) is 22.3 Å². The van der Waals surface area contributed by atoms with Crippen molar-refractivity contribution >= 4 is 3.21 Å². The van der Waals surface area contributed by atoms with E-state index in [1.165, 1.54) is 61.2 Å². The third-order valence-electron chi connectivity index (χ3n) is 10.1. The van der Waals surface area contributed by atoms with Crippen LogP contribution in [0.4, 0.5) is 0 Å². The van der Waals surface area contributed by atoms with E-state index in [0.717, 1.165) is 25.7 Å². The Labute approximate surface area is 351 Å². The second kappa shape index (κ2) is 21.8. The average molecular weight is 823 g/mol. The Morgan fingerprint density at radius 3 is 1.70 bits per heavy atom. The standard InChI is InChI=1S/C31H29.C15H14.C5H5.2ClH.Zr/c1-21(23(3)25-10-6-4-7-11-25)16-24-14-15-29-28(18-24)19-27-17-22(2)30(20-31(27)29)26-12-8-5-9-13-26;1-3-8-14(9-4-1)12-7-13-15-10-5-2-6-11-15;1-2-4-5-3-1;;;/h4-15,17,20-21,23H,16,19H2,1-3H3;1-6,8-11H,12-13H2;1-5H;2*1H;/q-1;;-1;;;+2/p-2. The molecule has 54 heavy (non-hydrogen) atoms. The molecule has 2 unspecified atom stereocenters. The molecule has 8 rings (SSSR count). The summed E-state index contributed by atoms with van der Waals surface area (Å²) >= 11 is 1.55. The van der Waals surface area contributed by atoms with E-state index >= 15 is 0 Å². The number of hydrogen-bond donors (Lipinski definition) is 0. The summed E-state index contributed by atoms with van der Waals surface area (Å²) in [6, 6.07) is 66.2. The Bertz CT molecular complexity index is 2060. The summed E-state index contributed by atoms with van der Waals surface area (Å²) in [6.45, 7) is 6.94. The van der Waals surface area contributed by atoms with Gasteiger partial charge in [0.1, 0.15) is 0 Å². The van der Waals surface area contributed by atoms with Crippen LogP contribution >= 0.6 is 0 Å². The second-order valence-electron chi connectivity index (χ2n) is 14.0. The van der Waals surface area contributed by atoms with Crippen LogP contribution in [-0.2, 0) is 49.9 Å². The van der Waals surface area contributed by atoms with E-state index in [-0.39, 0.29) is 24.8 Å². The summed E-state index contributed by atoms with van der Waals surface area (Å²) in [7, 11) is 0. The van der Waals surface area contributed by atoms with Gasteiger partial charge in [-0.25, -0.2) is 12.1 Å². The van der Waals surface area contributed by atoms with Gasteiger partial charge in [-0.05, 0) is 59.4 Å². The minimum absolute atomic E-state index is 0. The maximum atomic E-state index is 3.79. The van der Waals surface area contributed by atoms with Crippen LogP contribution in [0, 0.1) is 18.9 Å². The molecular formula is C51H48Cl2Zr-2. The molecule has 0 N–H and O–H groups in total. The van der Waals surface area contributed by atoms with Crippen molar-refractivity contribution in [1.29, 1.82) is 0 Å². The minimum atomic E-state index is 0. The zero-order valence-electron chi connectivity index (χ0n) is 31.5. The number of halogens is 2. The molecule has 0 fully saturated rings. The molecule has 0 nitrogen and oxygen atoms in total. The number of rotatable bonds is 9. The Balaban J connectivity index is 0.000000236. The monoisotopic (exact) mass is 820 g/mol. The molecule has 272 valence electrons. The van der Waals surface area contributed by atoms with Crippen LogP contribution in [0.25, 0.3) is 22.3 Å².